The van der Waals surface area contributed by atoms with Crippen molar-refractivity contribution in [3.05, 3.63) is 29.1 Å². The normalized spacial score (nSPS) is 9.22. The molecule has 0 saturated carbocycles. The van der Waals surface area contributed by atoms with Gasteiger partial charge in [-0.2, -0.15) is 0 Å². The van der Waals surface area contributed by atoms with Crippen molar-refractivity contribution in [1.29, 1.82) is 0 Å². The predicted octanol–water partition coefficient (Wildman–Crippen LogP) is 1.61. The number of aryl methyl sites for hydroxylation is 1. The van der Waals surface area contributed by atoms with Crippen LogP contribution in [-0.2, 0) is 0 Å². The fourth-order valence-corrected chi connectivity index (χ4v) is 0.612. The van der Waals surface area contributed by atoms with Crippen molar-refractivity contribution in [2.75, 3.05) is 0 Å². The molecule has 0 fully saturated rings. The zero-order valence-corrected chi connectivity index (χ0v) is 4.99. The van der Waals surface area contributed by atoms with Crippen molar-refractivity contribution in [3.63, 3.8) is 0 Å². The van der Waals surface area contributed by atoms with Gasteiger partial charge in [0.2, 0.25) is 0 Å². The molecule has 0 amide bonds. The van der Waals surface area contributed by atoms with Crippen LogP contribution in [0.15, 0.2) is 12.0 Å². The number of rotatable bonds is 0. The van der Waals surface area contributed by atoms with Crippen LogP contribution in [-0.4, -0.2) is 6.91 Å². The second-order valence-electron chi connectivity index (χ2n) is 1.87. The Morgan fingerprint density at radius 1 is 1.44 bits per heavy atom. The topological polar surface area (TPSA) is 0 Å². The molecule has 0 atom stereocenters. The van der Waals surface area contributed by atoms with Crippen LogP contribution < -0.4 is 0 Å². The number of hydrogen-bond acceptors (Lipinski definition) is 0. The summed E-state index contributed by atoms with van der Waals surface area (Å²) < 4.78 is 24.6. The van der Waals surface area contributed by atoms with Gasteiger partial charge in [-0.05, 0) is 0 Å². The molecule has 3 heteroatoms. The summed E-state index contributed by atoms with van der Waals surface area (Å²) >= 11 is 0. The summed E-state index contributed by atoms with van der Waals surface area (Å²) in [5.41, 5.74) is 0.343. The molecule has 0 aliphatic heterocycles. The van der Waals surface area contributed by atoms with Crippen LogP contribution in [0.25, 0.3) is 0 Å². The van der Waals surface area contributed by atoms with Gasteiger partial charge < -0.3 is 0 Å². The van der Waals surface area contributed by atoms with Crippen LogP contribution in [0.1, 0.15) is 5.46 Å². The van der Waals surface area contributed by atoms with E-state index >= 15 is 0 Å². The molecule has 9 heavy (non-hydrogen) atoms. The Bertz CT molecular complexity index is 202. The second-order valence-corrected chi connectivity index (χ2v) is 1.87. The zero-order chi connectivity index (χ0) is 6.85. The summed E-state index contributed by atoms with van der Waals surface area (Å²) in [5, 5.41) is 0. The van der Waals surface area contributed by atoms with E-state index in [-0.39, 0.29) is 0 Å². The minimum atomic E-state index is -0.782. The first-order valence-electron chi connectivity index (χ1n) is 2.62. The van der Waals surface area contributed by atoms with Gasteiger partial charge in [0.25, 0.3) is 0 Å². The van der Waals surface area contributed by atoms with Crippen LogP contribution in [0.5, 0.6) is 0 Å². The third-order valence-corrected chi connectivity index (χ3v) is 1.14. The van der Waals surface area contributed by atoms with Gasteiger partial charge in [0.05, 0.1) is 0 Å². The molecule has 0 bridgehead atoms. The summed E-state index contributed by atoms with van der Waals surface area (Å²) in [6.07, 6.45) is 0. The van der Waals surface area contributed by atoms with E-state index < -0.39 is 11.6 Å². The average Bonchev–Trinajstić information content (AvgIpc) is 1.83. The van der Waals surface area contributed by atoms with Gasteiger partial charge in [0, 0.05) is 0 Å². The third kappa shape index (κ3) is 1.15. The molecule has 0 saturated heterocycles. The molecule has 0 nitrogen and oxygen atoms in total. The Morgan fingerprint density at radius 3 is 2.56 bits per heavy atom. The van der Waals surface area contributed by atoms with Gasteiger partial charge in [-0.25, -0.2) is 0 Å². The maximum absolute atomic E-state index is 12.4. The van der Waals surface area contributed by atoms with Gasteiger partial charge >= 0.3 is 51.7 Å². The van der Waals surface area contributed by atoms with Gasteiger partial charge in [-0.3, -0.25) is 0 Å². The van der Waals surface area contributed by atoms with Gasteiger partial charge in [0.15, 0.2) is 0 Å². The summed E-state index contributed by atoms with van der Waals surface area (Å²) in [5.74, 6) is -0.0548. The van der Waals surface area contributed by atoms with Crippen LogP contribution >= 0.6 is 0 Å². The van der Waals surface area contributed by atoms with E-state index in [4.69, 9.17) is 0 Å². The average molecular weight is 126 g/mol. The Balaban J connectivity index is 3.25. The van der Waals surface area contributed by atoms with Crippen molar-refractivity contribution >= 4 is 6.91 Å². The molecule has 0 aliphatic carbocycles. The quantitative estimate of drug-likeness (QED) is 0.495. The van der Waals surface area contributed by atoms with Crippen LogP contribution in [0.2, 0.25) is 0 Å². The van der Waals surface area contributed by atoms with Gasteiger partial charge in [-0.1, -0.05) is 0 Å². The van der Waals surface area contributed by atoms with Crippen LogP contribution in [0.3, 0.4) is 0 Å². The molecule has 1 rings (SSSR count). The molecule has 1 heterocycles. The Morgan fingerprint density at radius 2 is 2.11 bits per heavy atom. The van der Waals surface area contributed by atoms with E-state index in [9.17, 15) is 8.78 Å². The van der Waals surface area contributed by atoms with E-state index in [0.717, 1.165) is 6.07 Å². The summed E-state index contributed by atoms with van der Waals surface area (Å²) in [4.78, 5) is 0. The second kappa shape index (κ2) is 2.25. The standard InChI is InChI=1S/C6H5BF2/c1-4-6(9)5(8)2-3-7-4/h2-3H,1H3. The van der Waals surface area contributed by atoms with Crippen molar-refractivity contribution in [3.8, 4) is 0 Å². The minimum absolute atomic E-state index is 0.343. The molecule has 1 aromatic rings. The zero-order valence-electron chi connectivity index (χ0n) is 4.99. The number of halogens is 2. The Hall–Kier alpha value is -0.725. The first-order valence-corrected chi connectivity index (χ1v) is 2.62. The van der Waals surface area contributed by atoms with Crippen molar-refractivity contribution in [2.45, 2.75) is 6.92 Å². The fourth-order valence-electron chi connectivity index (χ4n) is 0.612. The SMILES string of the molecule is Cc1bccc(F)c1F. The van der Waals surface area contributed by atoms with Gasteiger partial charge in [-0.15, -0.1) is 0 Å². The fraction of sp³-hybridized carbons (Fsp3) is 0.167. The molecular weight excluding hydrogens is 121 g/mol. The predicted molar refractivity (Wildman–Crippen MR) is 32.4 cm³/mol. The molecular formula is C6H5BF2. The maximum atomic E-state index is 12.4. The van der Waals surface area contributed by atoms with E-state index in [2.05, 4.69) is 0 Å². The molecule has 1 aromatic heterocycles. The molecule has 0 N–H and O–H groups in total. The van der Waals surface area contributed by atoms with E-state index in [0.29, 0.717) is 5.46 Å². The molecule has 0 spiro atoms. The monoisotopic (exact) mass is 126 g/mol. The van der Waals surface area contributed by atoms with Crippen molar-refractivity contribution in [1.82, 2.24) is 0 Å². The summed E-state index contributed by atoms with van der Waals surface area (Å²) in [6, 6.07) is 1.10. The van der Waals surface area contributed by atoms with E-state index in [1.807, 2.05) is 0 Å². The first kappa shape index (κ1) is 6.40. The third-order valence-electron chi connectivity index (χ3n) is 1.14. The molecule has 0 radical (unpaired) electrons. The molecule has 0 aromatic carbocycles. The van der Waals surface area contributed by atoms with Crippen molar-refractivity contribution < 1.29 is 8.78 Å². The van der Waals surface area contributed by atoms with E-state index in [1.54, 1.807) is 0 Å². The molecule has 0 unspecified atom stereocenters. The van der Waals surface area contributed by atoms with Crippen LogP contribution in [0, 0.1) is 18.6 Å². The van der Waals surface area contributed by atoms with Gasteiger partial charge in [0.1, 0.15) is 0 Å². The summed E-state index contributed by atoms with van der Waals surface area (Å²) in [7, 11) is 0. The van der Waals surface area contributed by atoms with E-state index in [1.165, 1.54) is 19.8 Å². The Kier molecular flexibility index (Phi) is 1.60. The molecule has 46 valence electrons. The number of hydrogen-bond donors (Lipinski definition) is 0. The molecule has 0 aliphatic rings. The first-order chi connectivity index (χ1) is 4.22. The van der Waals surface area contributed by atoms with Crippen molar-refractivity contribution in [2.24, 2.45) is 0 Å². The summed E-state index contributed by atoms with van der Waals surface area (Å²) in [6.45, 7) is 3.05. The van der Waals surface area contributed by atoms with Crippen LogP contribution in [0.4, 0.5) is 8.78 Å². The Labute approximate surface area is 52.7 Å².